The van der Waals surface area contributed by atoms with Crippen molar-refractivity contribution in [2.45, 2.75) is 30.1 Å². The minimum atomic E-state index is -3.78. The Labute approximate surface area is 156 Å². The summed E-state index contributed by atoms with van der Waals surface area (Å²) in [6, 6.07) is 14.8. The van der Waals surface area contributed by atoms with E-state index in [-0.39, 0.29) is 4.90 Å². The maximum absolute atomic E-state index is 12.7. The van der Waals surface area contributed by atoms with Crippen molar-refractivity contribution in [3.63, 3.8) is 0 Å². The van der Waals surface area contributed by atoms with Crippen LogP contribution in [0.5, 0.6) is 0 Å². The number of nitrogens with zero attached hydrogens (tertiary/aromatic N) is 3. The van der Waals surface area contributed by atoms with Crippen LogP contribution in [0.4, 0.5) is 5.69 Å². The fraction of sp³-hybridized carbons (Fsp3) is 0.211. The third kappa shape index (κ3) is 3.83. The van der Waals surface area contributed by atoms with Gasteiger partial charge < -0.3 is 4.52 Å². The van der Waals surface area contributed by atoms with Crippen LogP contribution in [0, 0.1) is 11.3 Å². The Morgan fingerprint density at radius 2 is 1.89 bits per heavy atom. The number of benzene rings is 2. The van der Waals surface area contributed by atoms with E-state index in [0.717, 1.165) is 24.2 Å². The fourth-order valence-corrected chi connectivity index (χ4v) is 3.80. The summed E-state index contributed by atoms with van der Waals surface area (Å²) in [6.07, 6.45) is 2.51. The van der Waals surface area contributed by atoms with Crippen LogP contribution in [0.1, 0.15) is 41.6 Å². The SMILES string of the molecule is N#Cc1ccc(S(=O)(=O)Nc2ccccc2Cc2nc(C3CC3)no2)cc1. The summed E-state index contributed by atoms with van der Waals surface area (Å²) in [5.74, 6) is 1.58. The molecule has 0 amide bonds. The number of rotatable bonds is 6. The third-order valence-electron chi connectivity index (χ3n) is 4.32. The largest absolute Gasteiger partial charge is 0.339 e. The molecule has 0 aliphatic heterocycles. The number of para-hydroxylation sites is 1. The Hall–Kier alpha value is -3.18. The minimum Gasteiger partial charge on any atom is -0.339 e. The molecule has 4 rings (SSSR count). The first-order valence-electron chi connectivity index (χ1n) is 8.48. The maximum atomic E-state index is 12.7. The molecule has 0 radical (unpaired) electrons. The van der Waals surface area contributed by atoms with Gasteiger partial charge >= 0.3 is 0 Å². The van der Waals surface area contributed by atoms with Crippen molar-refractivity contribution in [2.75, 3.05) is 4.72 Å². The van der Waals surface area contributed by atoms with Gasteiger partial charge in [0, 0.05) is 5.92 Å². The highest BCUT2D eigenvalue weighted by Crippen LogP contribution is 2.38. The molecule has 1 aromatic heterocycles. The quantitative estimate of drug-likeness (QED) is 0.703. The van der Waals surface area contributed by atoms with Gasteiger partial charge in [0.15, 0.2) is 5.82 Å². The lowest BCUT2D eigenvalue weighted by atomic mass is 10.1. The van der Waals surface area contributed by atoms with E-state index < -0.39 is 10.0 Å². The first-order valence-corrected chi connectivity index (χ1v) is 9.97. The van der Waals surface area contributed by atoms with Gasteiger partial charge in [-0.1, -0.05) is 23.4 Å². The molecule has 1 heterocycles. The number of hydrogen-bond donors (Lipinski definition) is 1. The van der Waals surface area contributed by atoms with Gasteiger partial charge in [-0.3, -0.25) is 4.72 Å². The topological polar surface area (TPSA) is 109 Å². The van der Waals surface area contributed by atoms with Crippen molar-refractivity contribution in [3.8, 4) is 6.07 Å². The molecule has 2 aromatic carbocycles. The molecule has 0 atom stereocenters. The van der Waals surface area contributed by atoms with Crippen LogP contribution in [0.25, 0.3) is 0 Å². The van der Waals surface area contributed by atoms with E-state index in [1.54, 1.807) is 12.1 Å². The van der Waals surface area contributed by atoms with Gasteiger partial charge in [-0.05, 0) is 48.7 Å². The zero-order chi connectivity index (χ0) is 18.9. The third-order valence-corrected chi connectivity index (χ3v) is 5.70. The minimum absolute atomic E-state index is 0.0881. The number of hydrogen-bond acceptors (Lipinski definition) is 6. The predicted molar refractivity (Wildman–Crippen MR) is 97.5 cm³/mol. The Kier molecular flexibility index (Phi) is 4.38. The Bertz CT molecular complexity index is 1110. The second-order valence-electron chi connectivity index (χ2n) is 6.40. The average Bonchev–Trinajstić information content (AvgIpc) is 3.42. The molecule has 136 valence electrons. The average molecular weight is 380 g/mol. The van der Waals surface area contributed by atoms with Crippen molar-refractivity contribution < 1.29 is 12.9 Å². The molecule has 0 saturated heterocycles. The van der Waals surface area contributed by atoms with Crippen LogP contribution in [-0.2, 0) is 16.4 Å². The van der Waals surface area contributed by atoms with E-state index in [1.165, 1.54) is 24.3 Å². The number of nitriles is 1. The summed E-state index contributed by atoms with van der Waals surface area (Å²) >= 11 is 0. The van der Waals surface area contributed by atoms with Crippen molar-refractivity contribution in [1.29, 1.82) is 5.26 Å². The summed E-state index contributed by atoms with van der Waals surface area (Å²) in [5.41, 5.74) is 1.59. The molecular formula is C19H16N4O3S. The molecule has 1 fully saturated rings. The standard InChI is InChI=1S/C19H16N4O3S/c20-12-13-5-9-16(10-6-13)27(24,25)23-17-4-2-1-3-15(17)11-18-21-19(22-26-18)14-7-8-14/h1-6,9-10,14,23H,7-8,11H2. The number of sulfonamides is 1. The lowest BCUT2D eigenvalue weighted by Gasteiger charge is -2.11. The van der Waals surface area contributed by atoms with E-state index in [4.69, 9.17) is 9.78 Å². The monoisotopic (exact) mass is 380 g/mol. The van der Waals surface area contributed by atoms with Gasteiger partial charge in [-0.15, -0.1) is 0 Å². The maximum Gasteiger partial charge on any atom is 0.261 e. The molecule has 7 nitrogen and oxygen atoms in total. The van der Waals surface area contributed by atoms with Crippen molar-refractivity contribution >= 4 is 15.7 Å². The normalized spacial score (nSPS) is 13.9. The van der Waals surface area contributed by atoms with E-state index in [9.17, 15) is 8.42 Å². The first-order chi connectivity index (χ1) is 13.0. The lowest BCUT2D eigenvalue weighted by molar-refractivity contribution is 0.379. The van der Waals surface area contributed by atoms with E-state index in [0.29, 0.717) is 29.5 Å². The van der Waals surface area contributed by atoms with E-state index in [2.05, 4.69) is 14.9 Å². The molecule has 1 aliphatic carbocycles. The van der Waals surface area contributed by atoms with Gasteiger partial charge in [0.2, 0.25) is 5.89 Å². The summed E-state index contributed by atoms with van der Waals surface area (Å²) in [6.45, 7) is 0. The highest BCUT2D eigenvalue weighted by molar-refractivity contribution is 7.92. The summed E-state index contributed by atoms with van der Waals surface area (Å²) in [5, 5.41) is 12.8. The van der Waals surface area contributed by atoms with E-state index >= 15 is 0 Å². The number of aromatic nitrogens is 2. The van der Waals surface area contributed by atoms with Crippen LogP contribution in [0.3, 0.4) is 0 Å². The highest BCUT2D eigenvalue weighted by Gasteiger charge is 2.29. The Morgan fingerprint density at radius 3 is 2.59 bits per heavy atom. The molecule has 0 unspecified atom stereocenters. The highest BCUT2D eigenvalue weighted by atomic mass is 32.2. The fourth-order valence-electron chi connectivity index (χ4n) is 2.70. The smallest absolute Gasteiger partial charge is 0.261 e. The second-order valence-corrected chi connectivity index (χ2v) is 8.08. The Morgan fingerprint density at radius 1 is 1.15 bits per heavy atom. The molecule has 3 aromatic rings. The number of nitrogens with one attached hydrogen (secondary N) is 1. The zero-order valence-electron chi connectivity index (χ0n) is 14.3. The van der Waals surface area contributed by atoms with Crippen LogP contribution in [-0.4, -0.2) is 18.6 Å². The van der Waals surface area contributed by atoms with Gasteiger partial charge in [0.05, 0.1) is 28.6 Å². The number of anilines is 1. The van der Waals surface area contributed by atoms with Gasteiger partial charge in [0.1, 0.15) is 0 Å². The summed E-state index contributed by atoms with van der Waals surface area (Å²) in [4.78, 5) is 4.48. The molecule has 1 aliphatic rings. The van der Waals surface area contributed by atoms with Crippen LogP contribution in [0.2, 0.25) is 0 Å². The summed E-state index contributed by atoms with van der Waals surface area (Å²) in [7, 11) is -3.78. The van der Waals surface area contributed by atoms with Crippen molar-refractivity contribution in [1.82, 2.24) is 10.1 Å². The molecule has 1 saturated carbocycles. The Balaban J connectivity index is 1.57. The molecule has 1 N–H and O–H groups in total. The van der Waals surface area contributed by atoms with Gasteiger partial charge in [-0.2, -0.15) is 10.2 Å². The van der Waals surface area contributed by atoms with E-state index in [1.807, 2.05) is 18.2 Å². The summed E-state index contributed by atoms with van der Waals surface area (Å²) < 4.78 is 33.2. The lowest BCUT2D eigenvalue weighted by Crippen LogP contribution is -2.14. The molecule has 0 bridgehead atoms. The van der Waals surface area contributed by atoms with Crippen LogP contribution >= 0.6 is 0 Å². The predicted octanol–water partition coefficient (Wildman–Crippen LogP) is 3.21. The molecule has 8 heteroatoms. The molecule has 27 heavy (non-hydrogen) atoms. The van der Waals surface area contributed by atoms with Gasteiger partial charge in [-0.25, -0.2) is 8.42 Å². The van der Waals surface area contributed by atoms with Crippen molar-refractivity contribution in [3.05, 3.63) is 71.4 Å². The van der Waals surface area contributed by atoms with Crippen molar-refractivity contribution in [2.24, 2.45) is 0 Å². The van der Waals surface area contributed by atoms with Gasteiger partial charge in [0.25, 0.3) is 10.0 Å². The second kappa shape index (κ2) is 6.85. The molecule has 0 spiro atoms. The van der Waals surface area contributed by atoms with Crippen LogP contribution < -0.4 is 4.72 Å². The first kappa shape index (κ1) is 17.2. The molecular weight excluding hydrogens is 364 g/mol. The van der Waals surface area contributed by atoms with Crippen LogP contribution in [0.15, 0.2) is 57.9 Å². The zero-order valence-corrected chi connectivity index (χ0v) is 15.1.